The number of nitrogens with two attached hydrogens (primary N) is 1. The smallest absolute Gasteiger partial charge is 0.252 e. The van der Waals surface area contributed by atoms with Gasteiger partial charge in [-0.05, 0) is 38.7 Å². The zero-order valence-electron chi connectivity index (χ0n) is 17.6. The number of amides is 1. The van der Waals surface area contributed by atoms with Crippen LogP contribution in [0.3, 0.4) is 0 Å². The highest BCUT2D eigenvalue weighted by molar-refractivity contribution is 7.17. The first-order valence-corrected chi connectivity index (χ1v) is 10.8. The number of carbonyl (C=O) groups is 1. The lowest BCUT2D eigenvalue weighted by atomic mass is 10.0. The molecular weight excluding hydrogens is 419 g/mol. The number of thiazole rings is 1. The molecule has 1 aliphatic rings. The van der Waals surface area contributed by atoms with Crippen molar-refractivity contribution in [3.05, 3.63) is 41.2 Å². The predicted octanol–water partition coefficient (Wildman–Crippen LogP) is 2.83. The van der Waals surface area contributed by atoms with E-state index in [1.807, 2.05) is 44.2 Å². The molecule has 1 saturated heterocycles. The molecule has 4 rings (SSSR count). The van der Waals surface area contributed by atoms with E-state index in [4.69, 9.17) is 10.5 Å². The second-order valence-electron chi connectivity index (χ2n) is 7.76. The van der Waals surface area contributed by atoms with E-state index in [1.54, 1.807) is 5.51 Å². The van der Waals surface area contributed by atoms with Crippen molar-refractivity contribution in [2.45, 2.75) is 18.5 Å². The molecule has 2 atom stereocenters. The lowest BCUT2D eigenvalue weighted by Gasteiger charge is -2.41. The lowest BCUT2D eigenvalue weighted by Crippen LogP contribution is -2.54. The Balaban J connectivity index is 1.74. The molecule has 3 aromatic rings. The average molecular weight is 445 g/mol. The average Bonchev–Trinajstić information content (AvgIpc) is 3.24. The molecule has 2 unspecified atom stereocenters. The van der Waals surface area contributed by atoms with Crippen molar-refractivity contribution < 1.29 is 13.9 Å². The maximum atomic E-state index is 15.1. The minimum Gasteiger partial charge on any atom is -0.380 e. The number of hydrogen-bond acceptors (Lipinski definition) is 8. The van der Waals surface area contributed by atoms with Gasteiger partial charge in [-0.25, -0.2) is 14.4 Å². The molecule has 1 amide bonds. The van der Waals surface area contributed by atoms with E-state index < -0.39 is 11.7 Å². The Morgan fingerprint density at radius 3 is 2.87 bits per heavy atom. The molecule has 1 aliphatic heterocycles. The fraction of sp³-hybridized carbons (Fsp3) is 0.381. The van der Waals surface area contributed by atoms with Crippen LogP contribution in [-0.2, 0) is 4.74 Å². The van der Waals surface area contributed by atoms with Gasteiger partial charge in [0.15, 0.2) is 11.6 Å². The molecule has 10 heteroatoms. The zero-order chi connectivity index (χ0) is 22.1. The van der Waals surface area contributed by atoms with Gasteiger partial charge in [-0.3, -0.25) is 4.79 Å². The SMILES string of the molecule is CN(C)C1COCCC1N(C)c1nc(Nc2cccc3ncsc23)c(C(N)=O)cc1F. The van der Waals surface area contributed by atoms with E-state index in [-0.39, 0.29) is 29.3 Å². The molecule has 0 aliphatic carbocycles. The van der Waals surface area contributed by atoms with Crippen molar-refractivity contribution in [3.63, 3.8) is 0 Å². The number of anilines is 3. The first-order valence-electron chi connectivity index (χ1n) is 9.93. The summed E-state index contributed by atoms with van der Waals surface area (Å²) in [5.41, 5.74) is 8.82. The van der Waals surface area contributed by atoms with E-state index in [0.717, 1.165) is 28.4 Å². The van der Waals surface area contributed by atoms with Gasteiger partial charge < -0.3 is 25.6 Å². The Bertz CT molecular complexity index is 1100. The summed E-state index contributed by atoms with van der Waals surface area (Å²) in [6.45, 7) is 1.15. The van der Waals surface area contributed by atoms with E-state index in [0.29, 0.717) is 13.2 Å². The number of likely N-dealkylation sites (N-methyl/N-ethyl adjacent to an activating group) is 2. The van der Waals surface area contributed by atoms with Crippen molar-refractivity contribution in [1.82, 2.24) is 14.9 Å². The first kappa shape index (κ1) is 21.4. The zero-order valence-corrected chi connectivity index (χ0v) is 18.4. The third-order valence-electron chi connectivity index (χ3n) is 5.62. The number of aromatic nitrogens is 2. The summed E-state index contributed by atoms with van der Waals surface area (Å²) < 4.78 is 21.6. The number of ether oxygens (including phenoxy) is 1. The molecule has 3 heterocycles. The Labute approximate surface area is 183 Å². The van der Waals surface area contributed by atoms with Gasteiger partial charge in [0.1, 0.15) is 5.82 Å². The van der Waals surface area contributed by atoms with Gasteiger partial charge in [-0.2, -0.15) is 0 Å². The molecule has 1 aromatic carbocycles. The third-order valence-corrected chi connectivity index (χ3v) is 6.49. The van der Waals surface area contributed by atoms with Gasteiger partial charge in [0.05, 0.1) is 45.7 Å². The highest BCUT2D eigenvalue weighted by Crippen LogP contribution is 2.32. The summed E-state index contributed by atoms with van der Waals surface area (Å²) in [4.78, 5) is 24.7. The maximum Gasteiger partial charge on any atom is 0.252 e. The molecule has 3 N–H and O–H groups in total. The highest BCUT2D eigenvalue weighted by Gasteiger charge is 2.33. The van der Waals surface area contributed by atoms with Crippen molar-refractivity contribution in [2.75, 3.05) is 44.6 Å². The quantitative estimate of drug-likeness (QED) is 0.603. The molecule has 1 fully saturated rings. The van der Waals surface area contributed by atoms with Gasteiger partial charge >= 0.3 is 0 Å². The van der Waals surface area contributed by atoms with Crippen LogP contribution in [0.1, 0.15) is 16.8 Å². The number of benzene rings is 1. The fourth-order valence-corrected chi connectivity index (χ4v) is 4.69. The van der Waals surface area contributed by atoms with Crippen LogP contribution in [0.4, 0.5) is 21.7 Å². The topological polar surface area (TPSA) is 96.6 Å². The van der Waals surface area contributed by atoms with Crippen LogP contribution in [0.25, 0.3) is 10.2 Å². The second-order valence-corrected chi connectivity index (χ2v) is 8.61. The number of nitrogens with one attached hydrogen (secondary N) is 1. The van der Waals surface area contributed by atoms with Crippen LogP contribution in [0.5, 0.6) is 0 Å². The summed E-state index contributed by atoms with van der Waals surface area (Å²) in [5, 5.41) is 3.17. The fourth-order valence-electron chi connectivity index (χ4n) is 3.94. The number of fused-ring (bicyclic) bond motifs is 1. The largest absolute Gasteiger partial charge is 0.380 e. The molecule has 0 bridgehead atoms. The summed E-state index contributed by atoms with van der Waals surface area (Å²) in [6.07, 6.45) is 0.737. The minimum atomic E-state index is -0.753. The summed E-state index contributed by atoms with van der Waals surface area (Å²) >= 11 is 1.47. The molecular formula is C21H25FN6O2S. The summed E-state index contributed by atoms with van der Waals surface area (Å²) in [7, 11) is 5.77. The van der Waals surface area contributed by atoms with Crippen molar-refractivity contribution in [2.24, 2.45) is 5.73 Å². The molecule has 164 valence electrons. The van der Waals surface area contributed by atoms with E-state index in [9.17, 15) is 4.79 Å². The van der Waals surface area contributed by atoms with Gasteiger partial charge in [0.25, 0.3) is 5.91 Å². The molecule has 0 spiro atoms. The Kier molecular flexibility index (Phi) is 6.03. The number of carbonyl (C=O) groups excluding carboxylic acids is 1. The van der Waals surface area contributed by atoms with Crippen LogP contribution >= 0.6 is 11.3 Å². The minimum absolute atomic E-state index is 0.00274. The molecule has 31 heavy (non-hydrogen) atoms. The van der Waals surface area contributed by atoms with Crippen LogP contribution < -0.4 is 16.0 Å². The molecule has 8 nitrogen and oxygen atoms in total. The van der Waals surface area contributed by atoms with Crippen LogP contribution in [0, 0.1) is 5.82 Å². The number of halogens is 1. The number of primary amides is 1. The van der Waals surface area contributed by atoms with E-state index in [1.165, 1.54) is 11.3 Å². The van der Waals surface area contributed by atoms with Crippen LogP contribution in [0.15, 0.2) is 29.8 Å². The third kappa shape index (κ3) is 4.18. The first-order chi connectivity index (χ1) is 14.9. The Hall–Kier alpha value is -2.82. The van der Waals surface area contributed by atoms with Crippen LogP contribution in [-0.4, -0.2) is 67.2 Å². The van der Waals surface area contributed by atoms with Gasteiger partial charge in [-0.15, -0.1) is 11.3 Å². The molecule has 0 saturated carbocycles. The van der Waals surface area contributed by atoms with E-state index >= 15 is 4.39 Å². The number of rotatable bonds is 6. The number of hydrogen-bond donors (Lipinski definition) is 2. The summed E-state index contributed by atoms with van der Waals surface area (Å²) in [6, 6.07) is 6.85. The van der Waals surface area contributed by atoms with E-state index in [2.05, 4.69) is 20.2 Å². The number of nitrogens with zero attached hydrogens (tertiary/aromatic N) is 4. The Morgan fingerprint density at radius 1 is 1.32 bits per heavy atom. The highest BCUT2D eigenvalue weighted by atomic mass is 32.1. The van der Waals surface area contributed by atoms with Crippen LogP contribution in [0.2, 0.25) is 0 Å². The van der Waals surface area contributed by atoms with Crippen molar-refractivity contribution in [1.29, 1.82) is 0 Å². The van der Waals surface area contributed by atoms with Gasteiger partial charge in [0.2, 0.25) is 0 Å². The normalized spacial score (nSPS) is 19.0. The van der Waals surface area contributed by atoms with Crippen molar-refractivity contribution in [3.8, 4) is 0 Å². The molecule has 2 aromatic heterocycles. The van der Waals surface area contributed by atoms with Gasteiger partial charge in [0, 0.05) is 13.7 Å². The monoisotopic (exact) mass is 444 g/mol. The van der Waals surface area contributed by atoms with Gasteiger partial charge in [-0.1, -0.05) is 6.07 Å². The number of pyridine rings is 1. The second kappa shape index (κ2) is 8.74. The summed E-state index contributed by atoms with van der Waals surface area (Å²) in [5.74, 6) is -0.980. The standard InChI is InChI=1S/C21H25FN6O2S/c1-27(2)17-10-30-8-7-16(17)28(3)21-13(22)9-12(19(23)29)20(26-21)25-15-6-4-5-14-18(15)31-11-24-14/h4-6,9,11,16-17H,7-8,10H2,1-3H3,(H2,23,29)(H,25,26). The molecule has 0 radical (unpaired) electrons. The lowest BCUT2D eigenvalue weighted by molar-refractivity contribution is 0.0224. The predicted molar refractivity (Wildman–Crippen MR) is 121 cm³/mol. The Morgan fingerprint density at radius 2 is 2.13 bits per heavy atom. The van der Waals surface area contributed by atoms with Crippen molar-refractivity contribution >= 4 is 44.8 Å². The maximum absolute atomic E-state index is 15.1.